The zero-order valence-electron chi connectivity index (χ0n) is 15.6. The molecule has 0 aliphatic carbocycles. The molecule has 2 heterocycles. The molecule has 0 aliphatic heterocycles. The first-order chi connectivity index (χ1) is 14.7. The van der Waals surface area contributed by atoms with Gasteiger partial charge in [-0.2, -0.15) is 0 Å². The van der Waals surface area contributed by atoms with E-state index in [-0.39, 0.29) is 5.69 Å². The molecule has 5 aromatic rings. The van der Waals surface area contributed by atoms with Gasteiger partial charge in [0.25, 0.3) is 5.69 Å². The molecule has 0 bridgehead atoms. The number of rotatable bonds is 2. The van der Waals surface area contributed by atoms with Crippen LogP contribution in [-0.4, -0.2) is 24.5 Å². The third-order valence-corrected chi connectivity index (χ3v) is 4.67. The summed E-state index contributed by atoms with van der Waals surface area (Å²) < 4.78 is 1.78. The Hall–Kier alpha value is -4.57. The molecule has 5 rings (SSSR count). The molecule has 0 fully saturated rings. The van der Waals surface area contributed by atoms with E-state index in [9.17, 15) is 10.1 Å². The van der Waals surface area contributed by atoms with E-state index in [4.69, 9.17) is 0 Å². The van der Waals surface area contributed by atoms with Crippen molar-refractivity contribution >= 4 is 22.4 Å². The third-order valence-electron chi connectivity index (χ3n) is 4.67. The van der Waals surface area contributed by atoms with Gasteiger partial charge in [0.05, 0.1) is 21.5 Å². The van der Waals surface area contributed by atoms with Gasteiger partial charge in [-0.3, -0.25) is 14.5 Å². The van der Waals surface area contributed by atoms with Gasteiger partial charge in [0.2, 0.25) is 0 Å². The zero-order valence-corrected chi connectivity index (χ0v) is 15.6. The molecule has 0 saturated carbocycles. The number of para-hydroxylation sites is 3. The lowest BCUT2D eigenvalue weighted by atomic mass is 10.1. The summed E-state index contributed by atoms with van der Waals surface area (Å²) in [5, 5.41) is 20.1. The Morgan fingerprint density at radius 2 is 1.57 bits per heavy atom. The van der Waals surface area contributed by atoms with Gasteiger partial charge < -0.3 is 0 Å². The summed E-state index contributed by atoms with van der Waals surface area (Å²) in [4.78, 5) is 15.8. The molecule has 0 atom stereocenters. The van der Waals surface area contributed by atoms with Crippen molar-refractivity contribution in [3.05, 3.63) is 100 Å². The van der Waals surface area contributed by atoms with Crippen LogP contribution in [0.3, 0.4) is 0 Å². The molecular weight excluding hydrogens is 378 g/mol. The number of nitro benzene ring substituents is 1. The minimum absolute atomic E-state index is 0.0374. The molecule has 30 heavy (non-hydrogen) atoms. The zero-order chi connectivity index (χ0) is 20.5. The summed E-state index contributed by atoms with van der Waals surface area (Å²) in [5.74, 6) is 6.55. The van der Waals surface area contributed by atoms with Crippen LogP contribution in [0, 0.1) is 22.0 Å². The van der Waals surface area contributed by atoms with Gasteiger partial charge >= 0.3 is 0 Å². The van der Waals surface area contributed by atoms with E-state index in [1.54, 1.807) is 22.6 Å². The molecule has 0 aliphatic rings. The number of fused-ring (bicyclic) bond motifs is 3. The van der Waals surface area contributed by atoms with Crippen LogP contribution in [0.4, 0.5) is 5.69 Å². The fourth-order valence-electron chi connectivity index (χ4n) is 3.32. The van der Waals surface area contributed by atoms with Gasteiger partial charge in [0, 0.05) is 11.6 Å². The highest BCUT2D eigenvalue weighted by molar-refractivity contribution is 5.83. The minimum Gasteiger partial charge on any atom is -0.271 e. The summed E-state index contributed by atoms with van der Waals surface area (Å²) in [6, 6.07) is 23.6. The van der Waals surface area contributed by atoms with Gasteiger partial charge in [-0.1, -0.05) is 48.4 Å². The lowest BCUT2D eigenvalue weighted by Crippen LogP contribution is -1.99. The molecule has 0 radical (unpaired) electrons. The predicted molar refractivity (Wildman–Crippen MR) is 113 cm³/mol. The second kappa shape index (κ2) is 7.11. The lowest BCUT2D eigenvalue weighted by Gasteiger charge is -2.06. The van der Waals surface area contributed by atoms with Gasteiger partial charge in [-0.15, -0.1) is 10.2 Å². The topological polar surface area (TPSA) is 86.2 Å². The summed E-state index contributed by atoms with van der Waals surface area (Å²) in [6.07, 6.45) is 0. The van der Waals surface area contributed by atoms with Crippen LogP contribution in [0.2, 0.25) is 0 Å². The van der Waals surface area contributed by atoms with E-state index in [1.165, 1.54) is 6.07 Å². The quantitative estimate of drug-likeness (QED) is 0.255. The van der Waals surface area contributed by atoms with Crippen molar-refractivity contribution in [3.63, 3.8) is 0 Å². The standard InChI is InChI=1S/C23H13N5O2/c29-28(30)20-12-6-4-10-17(20)22-25-26-23-19(15-14-16-8-2-1-3-9-16)24-18-11-5-7-13-21(18)27(22)23/h1-13H. The molecular formula is C23H13N5O2. The van der Waals surface area contributed by atoms with Crippen LogP contribution in [0.15, 0.2) is 78.9 Å². The van der Waals surface area contributed by atoms with Crippen LogP contribution in [0.5, 0.6) is 0 Å². The normalized spacial score (nSPS) is 10.7. The van der Waals surface area contributed by atoms with Gasteiger partial charge in [0.1, 0.15) is 0 Å². The molecule has 0 saturated heterocycles. The van der Waals surface area contributed by atoms with Crippen LogP contribution in [0.1, 0.15) is 11.3 Å². The minimum atomic E-state index is -0.421. The SMILES string of the molecule is O=[N+]([O-])c1ccccc1-c1nnc2c(C#Cc3ccccc3)nc3ccccc3n12. The average molecular weight is 391 g/mol. The molecule has 0 amide bonds. The van der Waals surface area contributed by atoms with E-state index in [2.05, 4.69) is 27.0 Å². The first-order valence-corrected chi connectivity index (χ1v) is 9.17. The molecule has 0 unspecified atom stereocenters. The van der Waals surface area contributed by atoms with Crippen molar-refractivity contribution in [1.29, 1.82) is 0 Å². The maximum atomic E-state index is 11.6. The van der Waals surface area contributed by atoms with E-state index in [0.717, 1.165) is 11.1 Å². The Bertz CT molecular complexity index is 1480. The van der Waals surface area contributed by atoms with E-state index >= 15 is 0 Å². The van der Waals surface area contributed by atoms with Crippen molar-refractivity contribution in [2.45, 2.75) is 0 Å². The Kier molecular flexibility index (Phi) is 4.15. The second-order valence-corrected chi connectivity index (χ2v) is 6.52. The number of aromatic nitrogens is 4. The number of nitrogens with zero attached hydrogens (tertiary/aromatic N) is 5. The van der Waals surface area contributed by atoms with Crippen molar-refractivity contribution in [1.82, 2.24) is 19.6 Å². The Balaban J connectivity index is 1.82. The maximum Gasteiger partial charge on any atom is 0.280 e. The fourth-order valence-corrected chi connectivity index (χ4v) is 3.32. The van der Waals surface area contributed by atoms with Crippen molar-refractivity contribution in [2.24, 2.45) is 0 Å². The molecule has 7 nitrogen and oxygen atoms in total. The molecule has 142 valence electrons. The highest BCUT2D eigenvalue weighted by Crippen LogP contribution is 2.30. The number of hydrogen-bond acceptors (Lipinski definition) is 5. The van der Waals surface area contributed by atoms with Crippen molar-refractivity contribution in [3.8, 4) is 23.2 Å². The average Bonchev–Trinajstić information content (AvgIpc) is 3.24. The van der Waals surface area contributed by atoms with E-state index in [0.29, 0.717) is 28.2 Å². The predicted octanol–water partition coefficient (Wildman–Crippen LogP) is 4.25. The summed E-state index contributed by atoms with van der Waals surface area (Å²) in [7, 11) is 0. The molecule has 2 aromatic heterocycles. The summed E-state index contributed by atoms with van der Waals surface area (Å²) in [5.41, 5.74) is 3.54. The number of hydrogen-bond donors (Lipinski definition) is 0. The smallest absolute Gasteiger partial charge is 0.271 e. The van der Waals surface area contributed by atoms with Gasteiger partial charge in [0.15, 0.2) is 17.2 Å². The molecule has 7 heteroatoms. The third kappa shape index (κ3) is 2.93. The Labute approximate surface area is 170 Å². The van der Waals surface area contributed by atoms with Crippen LogP contribution >= 0.6 is 0 Å². The van der Waals surface area contributed by atoms with Crippen LogP contribution in [0.25, 0.3) is 28.1 Å². The first kappa shape index (κ1) is 17.5. The largest absolute Gasteiger partial charge is 0.280 e. The number of benzene rings is 3. The monoisotopic (exact) mass is 391 g/mol. The lowest BCUT2D eigenvalue weighted by molar-refractivity contribution is -0.384. The maximum absolute atomic E-state index is 11.6. The highest BCUT2D eigenvalue weighted by atomic mass is 16.6. The first-order valence-electron chi connectivity index (χ1n) is 9.17. The van der Waals surface area contributed by atoms with Crippen molar-refractivity contribution in [2.75, 3.05) is 0 Å². The van der Waals surface area contributed by atoms with E-state index in [1.807, 2.05) is 54.6 Å². The van der Waals surface area contributed by atoms with Crippen LogP contribution < -0.4 is 0 Å². The second-order valence-electron chi connectivity index (χ2n) is 6.52. The Morgan fingerprint density at radius 1 is 0.833 bits per heavy atom. The van der Waals surface area contributed by atoms with Gasteiger partial charge in [-0.05, 0) is 36.3 Å². The van der Waals surface area contributed by atoms with E-state index < -0.39 is 4.92 Å². The summed E-state index contributed by atoms with van der Waals surface area (Å²) >= 11 is 0. The fraction of sp³-hybridized carbons (Fsp3) is 0. The molecule has 0 spiro atoms. The van der Waals surface area contributed by atoms with Crippen molar-refractivity contribution < 1.29 is 4.92 Å². The Morgan fingerprint density at radius 3 is 2.40 bits per heavy atom. The molecule has 3 aromatic carbocycles. The van der Waals surface area contributed by atoms with Crippen LogP contribution in [-0.2, 0) is 0 Å². The number of nitro groups is 1. The summed E-state index contributed by atoms with van der Waals surface area (Å²) in [6.45, 7) is 0. The highest BCUT2D eigenvalue weighted by Gasteiger charge is 2.21. The molecule has 0 N–H and O–H groups in total. The van der Waals surface area contributed by atoms with Gasteiger partial charge in [-0.25, -0.2) is 4.98 Å².